The zero-order valence-corrected chi connectivity index (χ0v) is 35.4. The van der Waals surface area contributed by atoms with Gasteiger partial charge in [-0.3, -0.25) is 14.4 Å². The van der Waals surface area contributed by atoms with Gasteiger partial charge in [-0.15, -0.1) is 6.58 Å². The number of carbonyl (C=O) groups excluding carboxylic acids is 4. The first kappa shape index (κ1) is 46.9. The molecular weight excluding hydrogens is 734 g/mol. The van der Waals surface area contributed by atoms with Gasteiger partial charge in [-0.1, -0.05) is 44.6 Å². The molecule has 322 valence electrons. The van der Waals surface area contributed by atoms with Crippen LogP contribution in [0.4, 0.5) is 0 Å². The van der Waals surface area contributed by atoms with Crippen molar-refractivity contribution in [2.45, 2.75) is 160 Å². The first-order valence-electron chi connectivity index (χ1n) is 20.9. The normalized spacial score (nSPS) is 41.0. The Bertz CT molecular complexity index is 1480. The molecule has 3 aliphatic heterocycles. The molecular formula is C44H69NO12. The molecule has 1 unspecified atom stereocenters. The number of esters is 1. The van der Waals surface area contributed by atoms with Crippen molar-refractivity contribution in [3.05, 3.63) is 36.0 Å². The summed E-state index contributed by atoms with van der Waals surface area (Å²) in [5.41, 5.74) is 1.61. The number of Topliss-reactive ketones (excluding diaryl/α,β-unsaturated/α-hetero) is 2. The molecule has 0 radical (unpaired) electrons. The van der Waals surface area contributed by atoms with Crippen LogP contribution in [0, 0.1) is 29.6 Å². The number of cyclic esters (lactones) is 1. The number of amides is 1. The molecule has 1 amide bonds. The van der Waals surface area contributed by atoms with Gasteiger partial charge >= 0.3 is 5.97 Å². The Labute approximate surface area is 339 Å². The molecule has 2 saturated heterocycles. The highest BCUT2D eigenvalue weighted by Crippen LogP contribution is 2.39. The molecule has 14 atom stereocenters. The van der Waals surface area contributed by atoms with Crippen LogP contribution in [0.25, 0.3) is 0 Å². The summed E-state index contributed by atoms with van der Waals surface area (Å²) in [7, 11) is 4.61. The minimum atomic E-state index is -2.51. The zero-order valence-electron chi connectivity index (χ0n) is 35.4. The fraction of sp³-hybridized carbons (Fsp3) is 0.773. The van der Waals surface area contributed by atoms with Crippen molar-refractivity contribution in [2.24, 2.45) is 29.6 Å². The molecule has 0 aromatic heterocycles. The molecule has 1 saturated carbocycles. The third kappa shape index (κ3) is 11.3. The molecule has 0 spiro atoms. The SMILES string of the molecule is C=CC[C@H]1/C=C(\C)C[C@H](C)C[C@H](OC)[C@H]2O[C@@](O)(C(=O)C(=O)N3CCCCC3C(=O)O[C@H](/C(C)=C/[C@@H]3CC[C@@H](O)[C@H](OC)C3)[C@H](C)[C@@H](O)CC1=O)[C@H](C)C[C@@H]2OC. The number of ether oxygens (including phenoxy) is 5. The Morgan fingerprint density at radius 2 is 1.60 bits per heavy atom. The van der Waals surface area contributed by atoms with E-state index in [-0.39, 0.29) is 49.5 Å². The molecule has 3 fully saturated rings. The Balaban J connectivity index is 1.78. The van der Waals surface area contributed by atoms with E-state index in [2.05, 4.69) is 6.58 Å². The number of aliphatic hydroxyl groups is 3. The van der Waals surface area contributed by atoms with Crippen molar-refractivity contribution in [1.29, 1.82) is 0 Å². The van der Waals surface area contributed by atoms with Gasteiger partial charge < -0.3 is 43.9 Å². The average molecular weight is 804 g/mol. The zero-order chi connectivity index (χ0) is 42.2. The first-order valence-corrected chi connectivity index (χ1v) is 20.9. The summed E-state index contributed by atoms with van der Waals surface area (Å²) in [5, 5.41) is 34.1. The molecule has 3 heterocycles. The molecule has 0 aromatic carbocycles. The number of fused-ring (bicyclic) bond motifs is 3. The van der Waals surface area contributed by atoms with Crippen LogP contribution in [0.5, 0.6) is 0 Å². The quantitative estimate of drug-likeness (QED) is 0.185. The highest BCUT2D eigenvalue weighted by atomic mass is 16.7. The Hall–Kier alpha value is -2.78. The summed E-state index contributed by atoms with van der Waals surface area (Å²) in [6.07, 6.45) is 4.93. The van der Waals surface area contributed by atoms with Crippen LogP contribution in [0.15, 0.2) is 36.0 Å². The predicted octanol–water partition coefficient (Wildman–Crippen LogP) is 4.64. The van der Waals surface area contributed by atoms with Gasteiger partial charge in [0, 0.05) is 52.0 Å². The molecule has 2 bridgehead atoms. The molecule has 1 aliphatic carbocycles. The highest BCUT2D eigenvalue weighted by Gasteiger charge is 2.56. The van der Waals surface area contributed by atoms with Crippen molar-refractivity contribution in [3.8, 4) is 0 Å². The fourth-order valence-electron chi connectivity index (χ4n) is 9.42. The van der Waals surface area contributed by atoms with Gasteiger partial charge in [0.1, 0.15) is 24.0 Å². The number of nitrogens with zero attached hydrogens (tertiary/aromatic N) is 1. The van der Waals surface area contributed by atoms with Crippen LogP contribution in [0.2, 0.25) is 0 Å². The lowest BCUT2D eigenvalue weighted by molar-refractivity contribution is -0.302. The summed E-state index contributed by atoms with van der Waals surface area (Å²) in [5.74, 6) is -7.76. The van der Waals surface area contributed by atoms with E-state index in [0.717, 1.165) is 5.57 Å². The molecule has 4 rings (SSSR count). The number of methoxy groups -OCH3 is 3. The van der Waals surface area contributed by atoms with Crippen molar-refractivity contribution in [2.75, 3.05) is 27.9 Å². The van der Waals surface area contributed by atoms with Crippen LogP contribution >= 0.6 is 0 Å². The smallest absolute Gasteiger partial charge is 0.329 e. The molecule has 57 heavy (non-hydrogen) atoms. The third-order valence-corrected chi connectivity index (χ3v) is 12.9. The van der Waals surface area contributed by atoms with Crippen molar-refractivity contribution < 1.29 is 58.2 Å². The fourth-order valence-corrected chi connectivity index (χ4v) is 9.42. The predicted molar refractivity (Wildman–Crippen MR) is 213 cm³/mol. The summed E-state index contributed by atoms with van der Waals surface area (Å²) >= 11 is 0. The lowest BCUT2D eigenvalue weighted by Crippen LogP contribution is -2.64. The van der Waals surface area contributed by atoms with Gasteiger partial charge in [-0.05, 0) is 95.5 Å². The summed E-state index contributed by atoms with van der Waals surface area (Å²) in [6.45, 7) is 13.1. The van der Waals surface area contributed by atoms with E-state index < -0.39 is 83.9 Å². The molecule has 13 nitrogen and oxygen atoms in total. The Kier molecular flexibility index (Phi) is 17.2. The second-order valence-electron chi connectivity index (χ2n) is 17.3. The van der Waals surface area contributed by atoms with Gasteiger partial charge in [-0.2, -0.15) is 0 Å². The van der Waals surface area contributed by atoms with Crippen molar-refractivity contribution in [1.82, 2.24) is 4.90 Å². The summed E-state index contributed by atoms with van der Waals surface area (Å²) < 4.78 is 29.7. The Morgan fingerprint density at radius 1 is 0.930 bits per heavy atom. The second kappa shape index (κ2) is 21.0. The number of hydrogen-bond donors (Lipinski definition) is 3. The van der Waals surface area contributed by atoms with E-state index in [1.165, 1.54) is 19.1 Å². The molecule has 13 heteroatoms. The maximum atomic E-state index is 14.3. The van der Waals surface area contributed by atoms with Gasteiger partial charge in [0.25, 0.3) is 11.7 Å². The van der Waals surface area contributed by atoms with E-state index in [1.807, 2.05) is 32.9 Å². The van der Waals surface area contributed by atoms with Gasteiger partial charge in [0.2, 0.25) is 5.79 Å². The second-order valence-corrected chi connectivity index (χ2v) is 17.3. The van der Waals surface area contributed by atoms with Gasteiger partial charge in [-0.25, -0.2) is 4.79 Å². The summed E-state index contributed by atoms with van der Waals surface area (Å²) in [4.78, 5) is 57.8. The van der Waals surface area contributed by atoms with E-state index in [9.17, 15) is 34.5 Å². The van der Waals surface area contributed by atoms with Crippen LogP contribution < -0.4 is 0 Å². The minimum absolute atomic E-state index is 0.00988. The minimum Gasteiger partial charge on any atom is -0.456 e. The van der Waals surface area contributed by atoms with Crippen molar-refractivity contribution >= 4 is 23.4 Å². The maximum absolute atomic E-state index is 14.3. The van der Waals surface area contributed by atoms with Crippen LogP contribution in [-0.2, 0) is 42.9 Å². The summed E-state index contributed by atoms with van der Waals surface area (Å²) in [6, 6.07) is -1.14. The third-order valence-electron chi connectivity index (χ3n) is 12.9. The largest absolute Gasteiger partial charge is 0.456 e. The van der Waals surface area contributed by atoms with E-state index in [0.29, 0.717) is 56.9 Å². The number of carbonyl (C=O) groups is 4. The molecule has 0 aromatic rings. The van der Waals surface area contributed by atoms with Gasteiger partial charge in [0.15, 0.2) is 0 Å². The highest BCUT2D eigenvalue weighted by molar-refractivity contribution is 6.39. The standard InChI is InChI=1S/C44H69NO12/c1-10-13-31-19-25(2)18-26(3)20-37(54-8)40-38(55-9)22-28(5)44(52,57-40)41(49)42(50)45-17-12-11-14-32(45)43(51)56-39(29(6)34(47)24-35(31)48)27(4)21-30-15-16-33(46)36(23-30)53-7/h10,19,21,26,28-34,36-40,46-47,52H,1,11-18,20,22-24H2,2-9H3/b25-19+,27-21+/t26-,28+,29+,30-,31-,32?,33+,34-,36+,37-,38-,39+,40+,44+/m0/s1. The first-order chi connectivity index (χ1) is 27.0. The van der Waals surface area contributed by atoms with Crippen LogP contribution in [0.1, 0.15) is 105 Å². The lowest BCUT2D eigenvalue weighted by atomic mass is 9.81. The van der Waals surface area contributed by atoms with Gasteiger partial charge in [0.05, 0.1) is 30.5 Å². The number of ketones is 2. The Morgan fingerprint density at radius 3 is 2.25 bits per heavy atom. The molecule has 4 aliphatic rings. The van der Waals surface area contributed by atoms with Crippen LogP contribution in [0.3, 0.4) is 0 Å². The number of piperidine rings is 1. The van der Waals surface area contributed by atoms with E-state index in [4.69, 9.17) is 23.7 Å². The molecule has 3 N–H and O–H groups in total. The number of rotatable bonds is 7. The van der Waals surface area contributed by atoms with Crippen LogP contribution in [-0.4, -0.2) is 126 Å². The van der Waals surface area contributed by atoms with Crippen molar-refractivity contribution in [3.63, 3.8) is 0 Å². The number of aliphatic hydroxyl groups excluding tert-OH is 2. The average Bonchev–Trinajstić information content (AvgIpc) is 3.18. The maximum Gasteiger partial charge on any atom is 0.329 e. The topological polar surface area (TPSA) is 178 Å². The number of allylic oxidation sites excluding steroid dienone is 4. The van der Waals surface area contributed by atoms with E-state index >= 15 is 0 Å². The monoisotopic (exact) mass is 803 g/mol. The van der Waals surface area contributed by atoms with E-state index in [1.54, 1.807) is 27.0 Å². The lowest BCUT2D eigenvalue weighted by Gasteiger charge is -2.47. The number of hydrogen-bond acceptors (Lipinski definition) is 12.